The number of nitrogens with zero attached hydrogens (tertiary/aromatic N) is 1. The highest BCUT2D eigenvalue weighted by atomic mass is 32.2. The van der Waals surface area contributed by atoms with Gasteiger partial charge in [0.05, 0.1) is 0 Å². The first kappa shape index (κ1) is 15.4. The Morgan fingerprint density at radius 2 is 1.83 bits per heavy atom. The Morgan fingerprint density at radius 1 is 1.28 bits per heavy atom. The number of carbonyl (C=O) groups excluding carboxylic acids is 1. The molecule has 0 aromatic rings. The van der Waals surface area contributed by atoms with E-state index in [9.17, 15) is 13.2 Å². The van der Waals surface area contributed by atoms with Gasteiger partial charge in [0.25, 0.3) is 10.2 Å². The van der Waals surface area contributed by atoms with E-state index in [4.69, 9.17) is 0 Å². The van der Waals surface area contributed by atoms with Crippen LogP contribution in [0.15, 0.2) is 0 Å². The molecule has 0 bridgehead atoms. The van der Waals surface area contributed by atoms with Gasteiger partial charge in [-0.2, -0.15) is 17.4 Å². The minimum atomic E-state index is -3.42. The van der Waals surface area contributed by atoms with Crippen LogP contribution in [0.25, 0.3) is 0 Å². The van der Waals surface area contributed by atoms with E-state index in [1.165, 1.54) is 4.31 Å². The predicted molar refractivity (Wildman–Crippen MR) is 70.2 cm³/mol. The van der Waals surface area contributed by atoms with Crippen molar-refractivity contribution in [3.05, 3.63) is 0 Å². The summed E-state index contributed by atoms with van der Waals surface area (Å²) in [5.74, 6) is -0.0801. The highest BCUT2D eigenvalue weighted by molar-refractivity contribution is 7.87. The van der Waals surface area contributed by atoms with Crippen LogP contribution < -0.4 is 10.0 Å². The van der Waals surface area contributed by atoms with Gasteiger partial charge in [-0.05, 0) is 33.1 Å². The van der Waals surface area contributed by atoms with E-state index in [0.717, 1.165) is 12.8 Å². The molecule has 1 fully saturated rings. The fraction of sp³-hybridized carbons (Fsp3) is 0.909. The first-order chi connectivity index (χ1) is 8.27. The van der Waals surface area contributed by atoms with E-state index in [2.05, 4.69) is 10.0 Å². The molecule has 0 aromatic carbocycles. The van der Waals surface area contributed by atoms with Gasteiger partial charge in [0.15, 0.2) is 0 Å². The Hall–Kier alpha value is -0.660. The van der Waals surface area contributed by atoms with Gasteiger partial charge in [-0.15, -0.1) is 0 Å². The predicted octanol–water partition coefficient (Wildman–Crippen LogP) is 0.221. The molecule has 1 amide bonds. The third kappa shape index (κ3) is 4.55. The zero-order valence-corrected chi connectivity index (χ0v) is 12.1. The van der Waals surface area contributed by atoms with E-state index >= 15 is 0 Å². The molecule has 1 saturated heterocycles. The summed E-state index contributed by atoms with van der Waals surface area (Å²) in [4.78, 5) is 11.2. The lowest BCUT2D eigenvalue weighted by Crippen LogP contribution is -2.49. The van der Waals surface area contributed by atoms with E-state index in [-0.39, 0.29) is 5.91 Å². The van der Waals surface area contributed by atoms with Crippen molar-refractivity contribution in [1.29, 1.82) is 0 Å². The van der Waals surface area contributed by atoms with Gasteiger partial charge in [-0.25, -0.2) is 0 Å². The van der Waals surface area contributed by atoms with E-state index in [0.29, 0.717) is 25.9 Å². The largest absolute Gasteiger partial charge is 0.359 e. The van der Waals surface area contributed by atoms with Crippen molar-refractivity contribution in [2.45, 2.75) is 45.1 Å². The van der Waals surface area contributed by atoms with Gasteiger partial charge in [-0.1, -0.05) is 0 Å². The Bertz CT molecular complexity index is 386. The topological polar surface area (TPSA) is 78.5 Å². The monoisotopic (exact) mass is 277 g/mol. The Kier molecular flexibility index (Phi) is 5.12. The molecule has 1 aliphatic heterocycles. The summed E-state index contributed by atoms with van der Waals surface area (Å²) in [6, 6.07) is 0. The minimum absolute atomic E-state index is 0.0801. The molecule has 0 aromatic heterocycles. The molecule has 0 unspecified atom stereocenters. The maximum absolute atomic E-state index is 12.1. The summed E-state index contributed by atoms with van der Waals surface area (Å²) < 4.78 is 28.3. The highest BCUT2D eigenvalue weighted by Crippen LogP contribution is 2.17. The summed E-state index contributed by atoms with van der Waals surface area (Å²) in [5, 5.41) is 2.53. The first-order valence-corrected chi connectivity index (χ1v) is 7.70. The minimum Gasteiger partial charge on any atom is -0.359 e. The van der Waals surface area contributed by atoms with Crippen molar-refractivity contribution in [2.75, 3.05) is 20.1 Å². The standard InChI is InChI=1S/C11H23N3O3S/c1-11(2,7-6-10(15)12-3)13-18(16,17)14-8-4-5-9-14/h13H,4-9H2,1-3H3,(H,12,15). The van der Waals surface area contributed by atoms with Crippen LogP contribution in [0.2, 0.25) is 0 Å². The molecule has 7 heteroatoms. The van der Waals surface area contributed by atoms with Gasteiger partial charge in [0, 0.05) is 32.1 Å². The average molecular weight is 277 g/mol. The third-order valence-corrected chi connectivity index (χ3v) is 4.92. The van der Waals surface area contributed by atoms with Crippen LogP contribution in [0.5, 0.6) is 0 Å². The summed E-state index contributed by atoms with van der Waals surface area (Å²) in [5.41, 5.74) is -0.617. The van der Waals surface area contributed by atoms with Crippen LogP contribution in [-0.4, -0.2) is 44.3 Å². The lowest BCUT2D eigenvalue weighted by atomic mass is 10.00. The summed E-state index contributed by atoms with van der Waals surface area (Å²) >= 11 is 0. The molecule has 106 valence electrons. The second-order valence-electron chi connectivity index (χ2n) is 5.27. The summed E-state index contributed by atoms with van der Waals surface area (Å²) in [7, 11) is -1.85. The molecule has 2 N–H and O–H groups in total. The summed E-state index contributed by atoms with van der Waals surface area (Å²) in [6.45, 7) is 4.76. The van der Waals surface area contributed by atoms with Crippen molar-refractivity contribution >= 4 is 16.1 Å². The van der Waals surface area contributed by atoms with Gasteiger partial charge in [0.1, 0.15) is 0 Å². The number of rotatable bonds is 6. The molecule has 0 spiro atoms. The number of nitrogens with one attached hydrogen (secondary N) is 2. The second-order valence-corrected chi connectivity index (χ2v) is 6.94. The van der Waals surface area contributed by atoms with Crippen LogP contribution >= 0.6 is 0 Å². The Balaban J connectivity index is 2.55. The molecule has 1 aliphatic rings. The van der Waals surface area contributed by atoms with Gasteiger partial charge in [0.2, 0.25) is 5.91 Å². The van der Waals surface area contributed by atoms with Gasteiger partial charge in [-0.3, -0.25) is 4.79 Å². The lowest BCUT2D eigenvalue weighted by Gasteiger charge is -2.28. The molecule has 1 heterocycles. The quantitative estimate of drug-likeness (QED) is 0.729. The van der Waals surface area contributed by atoms with Crippen LogP contribution in [0.3, 0.4) is 0 Å². The Morgan fingerprint density at radius 3 is 2.33 bits per heavy atom. The number of carbonyl (C=O) groups is 1. The van der Waals surface area contributed by atoms with Crippen molar-refractivity contribution in [1.82, 2.24) is 14.3 Å². The molecule has 0 atom stereocenters. The SMILES string of the molecule is CNC(=O)CCC(C)(C)NS(=O)(=O)N1CCCC1. The van der Waals surface area contributed by atoms with Crippen molar-refractivity contribution < 1.29 is 13.2 Å². The summed E-state index contributed by atoms with van der Waals surface area (Å²) in [6.07, 6.45) is 2.62. The zero-order chi connectivity index (χ0) is 13.8. The molecular weight excluding hydrogens is 254 g/mol. The van der Waals surface area contributed by atoms with Crippen LogP contribution in [0.4, 0.5) is 0 Å². The second kappa shape index (κ2) is 5.99. The van der Waals surface area contributed by atoms with Gasteiger partial charge >= 0.3 is 0 Å². The molecular formula is C11H23N3O3S. The smallest absolute Gasteiger partial charge is 0.279 e. The van der Waals surface area contributed by atoms with E-state index in [1.807, 2.05) is 0 Å². The highest BCUT2D eigenvalue weighted by Gasteiger charge is 2.31. The lowest BCUT2D eigenvalue weighted by molar-refractivity contribution is -0.120. The number of amides is 1. The molecule has 0 aliphatic carbocycles. The molecule has 1 rings (SSSR count). The van der Waals surface area contributed by atoms with Crippen molar-refractivity contribution in [2.24, 2.45) is 0 Å². The van der Waals surface area contributed by atoms with Gasteiger partial charge < -0.3 is 5.32 Å². The average Bonchev–Trinajstić information content (AvgIpc) is 2.78. The third-order valence-electron chi connectivity index (χ3n) is 3.07. The maximum atomic E-state index is 12.1. The molecule has 6 nitrogen and oxygen atoms in total. The molecule has 0 radical (unpaired) electrons. The number of hydrogen-bond donors (Lipinski definition) is 2. The molecule has 18 heavy (non-hydrogen) atoms. The van der Waals surface area contributed by atoms with Crippen LogP contribution in [-0.2, 0) is 15.0 Å². The zero-order valence-electron chi connectivity index (χ0n) is 11.3. The molecule has 0 saturated carbocycles. The Labute approximate surface area is 109 Å². The fourth-order valence-electron chi connectivity index (χ4n) is 1.94. The normalized spacial score (nSPS) is 17.9. The number of hydrogen-bond acceptors (Lipinski definition) is 3. The van der Waals surface area contributed by atoms with E-state index in [1.54, 1.807) is 20.9 Å². The van der Waals surface area contributed by atoms with Crippen LogP contribution in [0, 0.1) is 0 Å². The maximum Gasteiger partial charge on any atom is 0.279 e. The fourth-order valence-corrected chi connectivity index (χ4v) is 3.61. The van der Waals surface area contributed by atoms with Crippen molar-refractivity contribution in [3.8, 4) is 0 Å². The first-order valence-electron chi connectivity index (χ1n) is 6.26. The van der Waals surface area contributed by atoms with Crippen LogP contribution in [0.1, 0.15) is 39.5 Å². The van der Waals surface area contributed by atoms with Crippen molar-refractivity contribution in [3.63, 3.8) is 0 Å². The van der Waals surface area contributed by atoms with E-state index < -0.39 is 15.7 Å².